The Hall–Kier alpha value is -1.22. The number of methoxy groups -OCH3 is 1. The zero-order chi connectivity index (χ0) is 12.5. The molecule has 0 aromatic heterocycles. The maximum Gasteiger partial charge on any atom is 0.126 e. The highest BCUT2D eigenvalue weighted by molar-refractivity contribution is 5.40. The molecule has 0 spiro atoms. The summed E-state index contributed by atoms with van der Waals surface area (Å²) in [5.41, 5.74) is 6.75. The molecule has 2 N–H and O–H groups in total. The second-order valence-electron chi connectivity index (χ2n) is 4.07. The van der Waals surface area contributed by atoms with Crippen molar-refractivity contribution in [3.63, 3.8) is 0 Å². The van der Waals surface area contributed by atoms with E-state index in [4.69, 9.17) is 15.2 Å². The minimum Gasteiger partial charge on any atom is -0.497 e. The van der Waals surface area contributed by atoms with E-state index in [9.17, 15) is 0 Å². The Bertz CT molecular complexity index is 326. The monoisotopic (exact) mass is 237 g/mol. The van der Waals surface area contributed by atoms with E-state index in [1.807, 2.05) is 18.2 Å². The molecule has 3 heteroatoms. The molecule has 1 aromatic rings. The van der Waals surface area contributed by atoms with Crippen molar-refractivity contribution in [3.05, 3.63) is 23.8 Å². The maximum absolute atomic E-state index is 5.80. The molecule has 0 aliphatic heterocycles. The summed E-state index contributed by atoms with van der Waals surface area (Å²) >= 11 is 0. The summed E-state index contributed by atoms with van der Waals surface area (Å²) < 4.78 is 11.0. The van der Waals surface area contributed by atoms with Crippen LogP contribution >= 0.6 is 0 Å². The first-order valence-electron chi connectivity index (χ1n) is 6.31. The molecule has 0 aliphatic carbocycles. The van der Waals surface area contributed by atoms with Crippen LogP contribution in [0.5, 0.6) is 11.5 Å². The normalized spacial score (nSPS) is 10.3. The topological polar surface area (TPSA) is 44.5 Å². The minimum absolute atomic E-state index is 0.637. The van der Waals surface area contributed by atoms with Crippen molar-refractivity contribution < 1.29 is 9.47 Å². The van der Waals surface area contributed by atoms with Crippen molar-refractivity contribution in [2.75, 3.05) is 20.3 Å². The van der Waals surface area contributed by atoms with Gasteiger partial charge in [0.05, 0.1) is 13.7 Å². The van der Waals surface area contributed by atoms with Crippen molar-refractivity contribution in [2.45, 2.75) is 32.6 Å². The van der Waals surface area contributed by atoms with Gasteiger partial charge in [0.25, 0.3) is 0 Å². The molecular formula is C14H23NO2. The number of hydrogen-bond donors (Lipinski definition) is 1. The van der Waals surface area contributed by atoms with Crippen molar-refractivity contribution >= 4 is 0 Å². The molecule has 3 nitrogen and oxygen atoms in total. The Morgan fingerprint density at radius 2 is 2.06 bits per heavy atom. The summed E-state index contributed by atoms with van der Waals surface area (Å²) in [5, 5.41) is 0. The summed E-state index contributed by atoms with van der Waals surface area (Å²) in [6.45, 7) is 3.58. The Balaban J connectivity index is 2.64. The van der Waals surface area contributed by atoms with Crippen LogP contribution in [-0.2, 0) is 6.42 Å². The van der Waals surface area contributed by atoms with Crippen LogP contribution in [0.15, 0.2) is 18.2 Å². The van der Waals surface area contributed by atoms with Gasteiger partial charge in [-0.05, 0) is 31.0 Å². The molecule has 0 atom stereocenters. The average Bonchev–Trinajstić information content (AvgIpc) is 2.36. The van der Waals surface area contributed by atoms with E-state index in [1.165, 1.54) is 12.8 Å². The third-order valence-electron chi connectivity index (χ3n) is 2.69. The average molecular weight is 237 g/mol. The van der Waals surface area contributed by atoms with Gasteiger partial charge in [0.1, 0.15) is 11.5 Å². The summed E-state index contributed by atoms with van der Waals surface area (Å²) in [5.74, 6) is 1.74. The molecule has 0 unspecified atom stereocenters. The van der Waals surface area contributed by atoms with Gasteiger partial charge < -0.3 is 15.2 Å². The van der Waals surface area contributed by atoms with E-state index in [1.54, 1.807) is 7.11 Å². The summed E-state index contributed by atoms with van der Waals surface area (Å²) in [6.07, 6.45) is 4.34. The highest BCUT2D eigenvalue weighted by Gasteiger charge is 2.05. The van der Waals surface area contributed by atoms with Crippen molar-refractivity contribution in [2.24, 2.45) is 5.73 Å². The van der Waals surface area contributed by atoms with Crippen LogP contribution in [0.2, 0.25) is 0 Å². The molecule has 1 aromatic carbocycles. The molecule has 17 heavy (non-hydrogen) atoms. The molecule has 0 bridgehead atoms. The Kier molecular flexibility index (Phi) is 6.48. The van der Waals surface area contributed by atoms with E-state index in [0.29, 0.717) is 6.54 Å². The van der Waals surface area contributed by atoms with Crippen molar-refractivity contribution in [3.8, 4) is 11.5 Å². The molecule has 0 heterocycles. The Labute approximate surface area is 104 Å². The second-order valence-corrected chi connectivity index (χ2v) is 4.07. The van der Waals surface area contributed by atoms with Gasteiger partial charge in [-0.2, -0.15) is 0 Å². The SMILES string of the molecule is CCCCCOc1cc(OC)ccc1CCN. The fraction of sp³-hybridized carbons (Fsp3) is 0.571. The van der Waals surface area contributed by atoms with E-state index < -0.39 is 0 Å². The predicted octanol–water partition coefficient (Wildman–Crippen LogP) is 2.77. The van der Waals surface area contributed by atoms with Gasteiger partial charge in [0, 0.05) is 6.07 Å². The predicted molar refractivity (Wildman–Crippen MR) is 70.8 cm³/mol. The first-order chi connectivity index (χ1) is 8.31. The number of ether oxygens (including phenoxy) is 2. The third kappa shape index (κ3) is 4.65. The number of nitrogens with two attached hydrogens (primary N) is 1. The van der Waals surface area contributed by atoms with Gasteiger partial charge in [0.2, 0.25) is 0 Å². The van der Waals surface area contributed by atoms with Crippen LogP contribution in [0.25, 0.3) is 0 Å². The Morgan fingerprint density at radius 3 is 2.71 bits per heavy atom. The third-order valence-corrected chi connectivity index (χ3v) is 2.69. The van der Waals surface area contributed by atoms with Crippen LogP contribution in [0.3, 0.4) is 0 Å². The van der Waals surface area contributed by atoms with E-state index >= 15 is 0 Å². The van der Waals surface area contributed by atoms with Gasteiger partial charge in [-0.3, -0.25) is 0 Å². The Morgan fingerprint density at radius 1 is 1.24 bits per heavy atom. The zero-order valence-corrected chi connectivity index (χ0v) is 10.9. The highest BCUT2D eigenvalue weighted by Crippen LogP contribution is 2.25. The largest absolute Gasteiger partial charge is 0.497 e. The first-order valence-corrected chi connectivity index (χ1v) is 6.31. The molecule has 1 rings (SSSR count). The van der Waals surface area contributed by atoms with Crippen molar-refractivity contribution in [1.29, 1.82) is 0 Å². The van der Waals surface area contributed by atoms with E-state index in [2.05, 4.69) is 6.92 Å². The number of unbranched alkanes of at least 4 members (excludes halogenated alkanes) is 2. The quantitative estimate of drug-likeness (QED) is 0.707. The van der Waals surface area contributed by atoms with Crippen LogP contribution in [0, 0.1) is 0 Å². The van der Waals surface area contributed by atoms with E-state index in [0.717, 1.165) is 36.5 Å². The second kappa shape index (κ2) is 7.96. The number of hydrogen-bond acceptors (Lipinski definition) is 3. The van der Waals surface area contributed by atoms with Gasteiger partial charge in [-0.1, -0.05) is 25.8 Å². The summed E-state index contributed by atoms with van der Waals surface area (Å²) in [4.78, 5) is 0. The lowest BCUT2D eigenvalue weighted by Gasteiger charge is -2.12. The number of rotatable bonds is 8. The van der Waals surface area contributed by atoms with Gasteiger partial charge in [-0.25, -0.2) is 0 Å². The zero-order valence-electron chi connectivity index (χ0n) is 10.9. The molecule has 0 radical (unpaired) electrons. The lowest BCUT2D eigenvalue weighted by atomic mass is 10.1. The van der Waals surface area contributed by atoms with Crippen LogP contribution in [0.1, 0.15) is 31.7 Å². The first kappa shape index (κ1) is 13.8. The van der Waals surface area contributed by atoms with Crippen LogP contribution in [-0.4, -0.2) is 20.3 Å². The molecule has 0 aliphatic rings. The molecular weight excluding hydrogens is 214 g/mol. The number of benzene rings is 1. The standard InChI is InChI=1S/C14H23NO2/c1-3-4-5-10-17-14-11-13(16-2)7-6-12(14)8-9-15/h6-7,11H,3-5,8-10,15H2,1-2H3. The smallest absolute Gasteiger partial charge is 0.126 e. The van der Waals surface area contributed by atoms with Gasteiger partial charge in [-0.15, -0.1) is 0 Å². The van der Waals surface area contributed by atoms with Gasteiger partial charge >= 0.3 is 0 Å². The van der Waals surface area contributed by atoms with Gasteiger partial charge in [0.15, 0.2) is 0 Å². The summed E-state index contributed by atoms with van der Waals surface area (Å²) in [7, 11) is 1.67. The molecule has 0 saturated heterocycles. The lowest BCUT2D eigenvalue weighted by Crippen LogP contribution is -2.06. The molecule has 0 amide bonds. The minimum atomic E-state index is 0.637. The maximum atomic E-state index is 5.80. The molecule has 0 fully saturated rings. The van der Waals surface area contributed by atoms with E-state index in [-0.39, 0.29) is 0 Å². The van der Waals surface area contributed by atoms with Crippen LogP contribution in [0.4, 0.5) is 0 Å². The fourth-order valence-electron chi connectivity index (χ4n) is 1.69. The van der Waals surface area contributed by atoms with Crippen molar-refractivity contribution in [1.82, 2.24) is 0 Å². The fourth-order valence-corrected chi connectivity index (χ4v) is 1.69. The van der Waals surface area contributed by atoms with Crippen LogP contribution < -0.4 is 15.2 Å². The lowest BCUT2D eigenvalue weighted by molar-refractivity contribution is 0.301. The highest BCUT2D eigenvalue weighted by atomic mass is 16.5. The molecule has 0 saturated carbocycles. The molecule has 96 valence electrons. The summed E-state index contributed by atoms with van der Waals surface area (Å²) in [6, 6.07) is 5.92.